The molecule has 1 fully saturated rings. The minimum atomic E-state index is 0.556. The lowest BCUT2D eigenvalue weighted by Crippen LogP contribution is -2.49. The second-order valence-corrected chi connectivity index (χ2v) is 4.34. The Labute approximate surface area is 96.0 Å². The highest BCUT2D eigenvalue weighted by atomic mass is 15.5. The molecular formula is C10H20N6. The molecule has 2 rings (SSSR count). The van der Waals surface area contributed by atoms with Crippen molar-refractivity contribution in [2.45, 2.75) is 39.4 Å². The number of tetrazole rings is 1. The van der Waals surface area contributed by atoms with Crippen LogP contribution < -0.4 is 5.32 Å². The van der Waals surface area contributed by atoms with Gasteiger partial charge in [0, 0.05) is 32.2 Å². The van der Waals surface area contributed by atoms with Gasteiger partial charge in [-0.2, -0.15) is 0 Å². The van der Waals surface area contributed by atoms with Gasteiger partial charge in [-0.25, -0.2) is 4.68 Å². The number of nitrogens with zero attached hydrogens (tertiary/aromatic N) is 5. The highest BCUT2D eigenvalue weighted by Crippen LogP contribution is 2.07. The van der Waals surface area contributed by atoms with Crippen molar-refractivity contribution in [3.63, 3.8) is 0 Å². The fourth-order valence-corrected chi connectivity index (χ4v) is 2.02. The first kappa shape index (κ1) is 11.5. The lowest BCUT2D eigenvalue weighted by atomic mass is 10.2. The maximum Gasteiger partial charge on any atom is 0.165 e. The molecule has 6 heteroatoms. The molecule has 2 heterocycles. The molecule has 1 N–H and O–H groups in total. The van der Waals surface area contributed by atoms with Gasteiger partial charge in [0.1, 0.15) is 0 Å². The van der Waals surface area contributed by atoms with E-state index in [1.807, 2.05) is 4.68 Å². The molecule has 1 aromatic heterocycles. The molecule has 0 radical (unpaired) electrons. The first-order chi connectivity index (χ1) is 7.81. The molecular weight excluding hydrogens is 204 g/mol. The zero-order valence-corrected chi connectivity index (χ0v) is 10.1. The summed E-state index contributed by atoms with van der Waals surface area (Å²) in [5, 5.41) is 15.2. The Morgan fingerprint density at radius 3 is 3.12 bits per heavy atom. The summed E-state index contributed by atoms with van der Waals surface area (Å²) >= 11 is 0. The standard InChI is InChI=1S/C10H20N6/c1-3-5-16-10(12-13-14-16)8-15-6-4-11-7-9(15)2/h9,11H,3-8H2,1-2H3/t9-/m1/s1. The Morgan fingerprint density at radius 2 is 2.38 bits per heavy atom. The molecule has 6 nitrogen and oxygen atoms in total. The Morgan fingerprint density at radius 1 is 1.50 bits per heavy atom. The molecule has 1 atom stereocenters. The first-order valence-corrected chi connectivity index (χ1v) is 6.01. The fraction of sp³-hybridized carbons (Fsp3) is 0.900. The van der Waals surface area contributed by atoms with Gasteiger partial charge in [0.15, 0.2) is 5.82 Å². The van der Waals surface area contributed by atoms with Crippen molar-refractivity contribution >= 4 is 0 Å². The summed E-state index contributed by atoms with van der Waals surface area (Å²) in [6.07, 6.45) is 1.06. The van der Waals surface area contributed by atoms with E-state index in [1.54, 1.807) is 0 Å². The van der Waals surface area contributed by atoms with Gasteiger partial charge in [0.25, 0.3) is 0 Å². The molecule has 0 unspecified atom stereocenters. The Balaban J connectivity index is 1.99. The summed E-state index contributed by atoms with van der Waals surface area (Å²) in [6, 6.07) is 0.556. The Kier molecular flexibility index (Phi) is 3.84. The predicted octanol–water partition coefficient (Wildman–Crippen LogP) is -0.123. The van der Waals surface area contributed by atoms with Crippen molar-refractivity contribution in [2.24, 2.45) is 0 Å². The van der Waals surface area contributed by atoms with Crippen LogP contribution in [0.15, 0.2) is 0 Å². The molecule has 0 bridgehead atoms. The first-order valence-electron chi connectivity index (χ1n) is 6.01. The average molecular weight is 224 g/mol. The van der Waals surface area contributed by atoms with E-state index in [2.05, 4.69) is 39.6 Å². The fourth-order valence-electron chi connectivity index (χ4n) is 2.02. The van der Waals surface area contributed by atoms with E-state index in [1.165, 1.54) is 0 Å². The van der Waals surface area contributed by atoms with Gasteiger partial charge in [-0.15, -0.1) is 5.10 Å². The summed E-state index contributed by atoms with van der Waals surface area (Å²) in [6.45, 7) is 9.31. The van der Waals surface area contributed by atoms with Crippen LogP contribution in [0.3, 0.4) is 0 Å². The number of piperazine rings is 1. The smallest absolute Gasteiger partial charge is 0.165 e. The molecule has 1 aromatic rings. The van der Waals surface area contributed by atoms with E-state index >= 15 is 0 Å². The second kappa shape index (κ2) is 5.36. The van der Waals surface area contributed by atoms with Crippen molar-refractivity contribution in [3.8, 4) is 0 Å². The van der Waals surface area contributed by atoms with Gasteiger partial charge >= 0.3 is 0 Å². The summed E-state index contributed by atoms with van der Waals surface area (Å²) in [5.74, 6) is 0.982. The monoisotopic (exact) mass is 224 g/mol. The summed E-state index contributed by atoms with van der Waals surface area (Å²) in [5.41, 5.74) is 0. The summed E-state index contributed by atoms with van der Waals surface area (Å²) < 4.78 is 1.91. The number of aromatic nitrogens is 4. The van der Waals surface area contributed by atoms with Crippen LogP contribution in [0.1, 0.15) is 26.1 Å². The molecule has 1 saturated heterocycles. The van der Waals surface area contributed by atoms with Crippen LogP contribution >= 0.6 is 0 Å². The Hall–Kier alpha value is -1.01. The number of nitrogens with one attached hydrogen (secondary N) is 1. The Bertz CT molecular complexity index is 323. The topological polar surface area (TPSA) is 58.9 Å². The third-order valence-electron chi connectivity index (χ3n) is 3.02. The van der Waals surface area contributed by atoms with Gasteiger partial charge in [0.05, 0.1) is 6.54 Å². The van der Waals surface area contributed by atoms with E-state index in [0.29, 0.717) is 6.04 Å². The number of hydrogen-bond acceptors (Lipinski definition) is 5. The van der Waals surface area contributed by atoms with Crippen molar-refractivity contribution in [1.29, 1.82) is 0 Å². The van der Waals surface area contributed by atoms with Gasteiger partial charge in [-0.1, -0.05) is 6.92 Å². The SMILES string of the molecule is CCCn1nnnc1CN1CCNC[C@H]1C. The molecule has 1 aliphatic rings. The highest BCUT2D eigenvalue weighted by Gasteiger charge is 2.20. The van der Waals surface area contributed by atoms with Crippen LogP contribution in [0, 0.1) is 0 Å². The number of hydrogen-bond donors (Lipinski definition) is 1. The lowest BCUT2D eigenvalue weighted by Gasteiger charge is -2.33. The van der Waals surface area contributed by atoms with E-state index in [9.17, 15) is 0 Å². The zero-order chi connectivity index (χ0) is 11.4. The summed E-state index contributed by atoms with van der Waals surface area (Å²) in [7, 11) is 0. The second-order valence-electron chi connectivity index (χ2n) is 4.34. The largest absolute Gasteiger partial charge is 0.314 e. The third kappa shape index (κ3) is 2.56. The highest BCUT2D eigenvalue weighted by molar-refractivity contribution is 4.85. The molecule has 16 heavy (non-hydrogen) atoms. The molecule has 0 aliphatic carbocycles. The lowest BCUT2D eigenvalue weighted by molar-refractivity contribution is 0.159. The molecule has 0 spiro atoms. The molecule has 90 valence electrons. The maximum atomic E-state index is 4.10. The van der Waals surface area contributed by atoms with Crippen molar-refractivity contribution in [3.05, 3.63) is 5.82 Å². The van der Waals surface area contributed by atoms with Crippen molar-refractivity contribution in [1.82, 2.24) is 30.4 Å². The van der Waals surface area contributed by atoms with Crippen LogP contribution in [0.2, 0.25) is 0 Å². The predicted molar refractivity (Wildman–Crippen MR) is 60.8 cm³/mol. The molecule has 1 aliphatic heterocycles. The van der Waals surface area contributed by atoms with Crippen molar-refractivity contribution in [2.75, 3.05) is 19.6 Å². The normalized spacial score (nSPS) is 22.5. The van der Waals surface area contributed by atoms with Crippen LogP contribution in [0.4, 0.5) is 0 Å². The van der Waals surface area contributed by atoms with Gasteiger partial charge in [-0.3, -0.25) is 4.90 Å². The summed E-state index contributed by atoms with van der Waals surface area (Å²) in [4.78, 5) is 2.42. The molecule has 0 amide bonds. The minimum Gasteiger partial charge on any atom is -0.314 e. The van der Waals surface area contributed by atoms with Crippen LogP contribution in [0.5, 0.6) is 0 Å². The van der Waals surface area contributed by atoms with Gasteiger partial charge in [-0.05, 0) is 23.8 Å². The van der Waals surface area contributed by atoms with Crippen LogP contribution in [-0.4, -0.2) is 50.8 Å². The van der Waals surface area contributed by atoms with Crippen LogP contribution in [0.25, 0.3) is 0 Å². The van der Waals surface area contributed by atoms with Crippen LogP contribution in [-0.2, 0) is 13.1 Å². The van der Waals surface area contributed by atoms with E-state index in [-0.39, 0.29) is 0 Å². The minimum absolute atomic E-state index is 0.556. The van der Waals surface area contributed by atoms with Gasteiger partial charge < -0.3 is 5.32 Å². The quantitative estimate of drug-likeness (QED) is 0.772. The number of aryl methyl sites for hydroxylation is 1. The average Bonchev–Trinajstić information content (AvgIpc) is 2.70. The van der Waals surface area contributed by atoms with Crippen molar-refractivity contribution < 1.29 is 0 Å². The molecule has 0 saturated carbocycles. The molecule has 0 aromatic carbocycles. The zero-order valence-electron chi connectivity index (χ0n) is 10.1. The van der Waals surface area contributed by atoms with E-state index in [4.69, 9.17) is 0 Å². The number of rotatable bonds is 4. The van der Waals surface area contributed by atoms with Gasteiger partial charge in [0.2, 0.25) is 0 Å². The third-order valence-corrected chi connectivity index (χ3v) is 3.02. The van der Waals surface area contributed by atoms with E-state index in [0.717, 1.165) is 45.0 Å². The maximum absolute atomic E-state index is 4.10. The van der Waals surface area contributed by atoms with E-state index < -0.39 is 0 Å².